The van der Waals surface area contributed by atoms with Crippen molar-refractivity contribution in [1.82, 2.24) is 9.62 Å². The van der Waals surface area contributed by atoms with E-state index in [-0.39, 0.29) is 23.2 Å². The molecule has 0 spiro atoms. The predicted octanol–water partition coefficient (Wildman–Crippen LogP) is 0.437. The van der Waals surface area contributed by atoms with Gasteiger partial charge in [0.2, 0.25) is 5.91 Å². The molecule has 134 valence electrons. The van der Waals surface area contributed by atoms with Gasteiger partial charge in [0.15, 0.2) is 0 Å². The molecule has 25 heavy (non-hydrogen) atoms. The standard InChI is InChI=1S/C16H19N3O5S/c1-10-11(16(21)22)6-4-8-19(10)14(20)9-17-15-12-5-2-3-7-13(12)25(23,24)18-15/h2-3,5,7,10-11H,4,6,8-9H2,1H3,(H,17,18)(H,21,22)/t10-,11-/m1/s1. The minimum Gasteiger partial charge on any atom is -0.481 e. The van der Waals surface area contributed by atoms with Crippen LogP contribution < -0.4 is 4.72 Å². The van der Waals surface area contributed by atoms with E-state index in [0.29, 0.717) is 24.9 Å². The molecular formula is C16H19N3O5S. The van der Waals surface area contributed by atoms with Crippen molar-refractivity contribution in [2.45, 2.75) is 30.7 Å². The van der Waals surface area contributed by atoms with Gasteiger partial charge in [-0.05, 0) is 31.9 Å². The number of carbonyl (C=O) groups excluding carboxylic acids is 1. The summed E-state index contributed by atoms with van der Waals surface area (Å²) < 4.78 is 26.4. The van der Waals surface area contributed by atoms with Crippen molar-refractivity contribution < 1.29 is 23.1 Å². The summed E-state index contributed by atoms with van der Waals surface area (Å²) in [6.45, 7) is 1.97. The molecule has 1 amide bonds. The van der Waals surface area contributed by atoms with Crippen LogP contribution in [0, 0.1) is 5.92 Å². The van der Waals surface area contributed by atoms with Crippen molar-refractivity contribution >= 4 is 27.7 Å². The Kier molecular flexibility index (Phi) is 4.51. The summed E-state index contributed by atoms with van der Waals surface area (Å²) in [5, 5.41) is 9.24. The second-order valence-electron chi connectivity index (χ2n) is 6.18. The number of amides is 1. The molecule has 0 saturated carbocycles. The van der Waals surface area contributed by atoms with Gasteiger partial charge in [0, 0.05) is 18.2 Å². The van der Waals surface area contributed by atoms with Crippen LogP contribution in [0.25, 0.3) is 0 Å². The highest BCUT2D eigenvalue weighted by Crippen LogP contribution is 2.25. The number of sulfonamides is 1. The zero-order valence-corrected chi connectivity index (χ0v) is 14.5. The minimum absolute atomic E-state index is 0.137. The molecule has 2 heterocycles. The number of fused-ring (bicyclic) bond motifs is 1. The minimum atomic E-state index is -3.64. The molecule has 1 saturated heterocycles. The number of rotatable bonds is 3. The molecular weight excluding hydrogens is 346 g/mol. The molecule has 3 rings (SSSR count). The van der Waals surface area contributed by atoms with Gasteiger partial charge >= 0.3 is 5.97 Å². The maximum Gasteiger partial charge on any atom is 0.308 e. The first-order chi connectivity index (χ1) is 11.8. The Labute approximate surface area is 145 Å². The molecule has 0 unspecified atom stereocenters. The summed E-state index contributed by atoms with van der Waals surface area (Å²) in [6.07, 6.45) is 1.17. The van der Waals surface area contributed by atoms with Crippen molar-refractivity contribution in [2.75, 3.05) is 13.1 Å². The monoisotopic (exact) mass is 365 g/mol. The van der Waals surface area contributed by atoms with E-state index in [4.69, 9.17) is 0 Å². The van der Waals surface area contributed by atoms with Crippen molar-refractivity contribution in [2.24, 2.45) is 10.9 Å². The summed E-state index contributed by atoms with van der Waals surface area (Å²) in [5.74, 6) is -1.66. The van der Waals surface area contributed by atoms with Gasteiger partial charge in [-0.1, -0.05) is 12.1 Å². The van der Waals surface area contributed by atoms with Crippen LogP contribution in [-0.2, 0) is 19.6 Å². The molecule has 2 N–H and O–H groups in total. The Morgan fingerprint density at radius 1 is 1.36 bits per heavy atom. The van der Waals surface area contributed by atoms with E-state index in [2.05, 4.69) is 9.71 Å². The van der Waals surface area contributed by atoms with Crippen LogP contribution in [-0.4, -0.2) is 55.3 Å². The zero-order chi connectivity index (χ0) is 18.2. The van der Waals surface area contributed by atoms with E-state index in [9.17, 15) is 23.1 Å². The molecule has 2 aliphatic heterocycles. The molecule has 8 nitrogen and oxygen atoms in total. The van der Waals surface area contributed by atoms with E-state index in [1.807, 2.05) is 0 Å². The largest absolute Gasteiger partial charge is 0.481 e. The number of carboxylic acids is 1. The highest BCUT2D eigenvalue weighted by Gasteiger charge is 2.35. The van der Waals surface area contributed by atoms with Crippen LogP contribution in [0.4, 0.5) is 0 Å². The molecule has 9 heteroatoms. The first-order valence-electron chi connectivity index (χ1n) is 8.00. The topological polar surface area (TPSA) is 116 Å². The quantitative estimate of drug-likeness (QED) is 0.806. The Morgan fingerprint density at radius 2 is 2.08 bits per heavy atom. The fraction of sp³-hybridized carbons (Fsp3) is 0.438. The lowest BCUT2D eigenvalue weighted by Gasteiger charge is -2.37. The number of hydrogen-bond acceptors (Lipinski definition) is 5. The normalized spacial score (nSPS) is 26.1. The van der Waals surface area contributed by atoms with Crippen LogP contribution in [0.5, 0.6) is 0 Å². The van der Waals surface area contributed by atoms with E-state index in [0.717, 1.165) is 0 Å². The number of nitrogens with one attached hydrogen (secondary N) is 1. The molecule has 2 atom stereocenters. The number of aliphatic carboxylic acids is 1. The van der Waals surface area contributed by atoms with Gasteiger partial charge < -0.3 is 10.0 Å². The average molecular weight is 365 g/mol. The molecule has 0 aliphatic carbocycles. The van der Waals surface area contributed by atoms with E-state index in [1.54, 1.807) is 25.1 Å². The first kappa shape index (κ1) is 17.4. The number of likely N-dealkylation sites (tertiary alicyclic amines) is 1. The van der Waals surface area contributed by atoms with E-state index >= 15 is 0 Å². The summed E-state index contributed by atoms with van der Waals surface area (Å²) in [7, 11) is -3.64. The number of piperidine rings is 1. The fourth-order valence-corrected chi connectivity index (χ4v) is 4.56. The molecule has 1 aromatic rings. The number of nitrogens with zero attached hydrogens (tertiary/aromatic N) is 2. The van der Waals surface area contributed by atoms with Crippen molar-refractivity contribution in [3.05, 3.63) is 29.8 Å². The van der Waals surface area contributed by atoms with E-state index in [1.165, 1.54) is 11.0 Å². The predicted molar refractivity (Wildman–Crippen MR) is 89.7 cm³/mol. The van der Waals surface area contributed by atoms with Gasteiger partial charge in [-0.3, -0.25) is 19.3 Å². The molecule has 0 radical (unpaired) electrons. The summed E-state index contributed by atoms with van der Waals surface area (Å²) in [4.78, 5) is 29.5. The van der Waals surface area contributed by atoms with Gasteiger partial charge in [-0.25, -0.2) is 8.42 Å². The average Bonchev–Trinajstić information content (AvgIpc) is 2.84. The molecule has 1 aromatic carbocycles. The van der Waals surface area contributed by atoms with Crippen LogP contribution in [0.1, 0.15) is 25.3 Å². The highest BCUT2D eigenvalue weighted by atomic mass is 32.2. The third-order valence-electron chi connectivity index (χ3n) is 4.66. The Bertz CT molecular complexity index is 849. The van der Waals surface area contributed by atoms with Gasteiger partial charge in [0.05, 0.1) is 10.8 Å². The third-order valence-corrected chi connectivity index (χ3v) is 6.06. The van der Waals surface area contributed by atoms with Crippen LogP contribution in [0.3, 0.4) is 0 Å². The first-order valence-corrected chi connectivity index (χ1v) is 9.48. The lowest BCUT2D eigenvalue weighted by Crippen LogP contribution is -2.50. The van der Waals surface area contributed by atoms with Crippen LogP contribution in [0.2, 0.25) is 0 Å². The summed E-state index contributed by atoms with van der Waals surface area (Å²) in [6, 6.07) is 6.01. The third kappa shape index (κ3) is 3.23. The number of aliphatic imine (C=N–C) groups is 1. The fourth-order valence-electron chi connectivity index (χ4n) is 3.31. The number of benzene rings is 1. The maximum absolute atomic E-state index is 12.5. The lowest BCUT2D eigenvalue weighted by molar-refractivity contribution is -0.148. The molecule has 2 aliphatic rings. The number of hydrogen-bond donors (Lipinski definition) is 2. The molecule has 0 aromatic heterocycles. The number of amidine groups is 1. The van der Waals surface area contributed by atoms with Crippen molar-refractivity contribution in [1.29, 1.82) is 0 Å². The smallest absolute Gasteiger partial charge is 0.308 e. The molecule has 1 fully saturated rings. The SMILES string of the molecule is C[C@@H]1[C@H](C(=O)O)CCCN1C(=O)CN=C1NS(=O)(=O)c2ccccc21. The Hall–Kier alpha value is -2.42. The highest BCUT2D eigenvalue weighted by molar-refractivity contribution is 7.90. The summed E-state index contributed by atoms with van der Waals surface area (Å²) in [5.41, 5.74) is 0.436. The van der Waals surface area contributed by atoms with Crippen molar-refractivity contribution in [3.63, 3.8) is 0 Å². The van der Waals surface area contributed by atoms with Gasteiger partial charge in [0.1, 0.15) is 12.4 Å². The lowest BCUT2D eigenvalue weighted by atomic mass is 9.90. The van der Waals surface area contributed by atoms with E-state index < -0.39 is 28.0 Å². The Balaban J connectivity index is 1.77. The zero-order valence-electron chi connectivity index (χ0n) is 13.7. The maximum atomic E-state index is 12.5. The summed E-state index contributed by atoms with van der Waals surface area (Å²) >= 11 is 0. The molecule has 0 bridgehead atoms. The second-order valence-corrected chi connectivity index (χ2v) is 7.83. The second kappa shape index (κ2) is 6.47. The van der Waals surface area contributed by atoms with Crippen LogP contribution in [0.15, 0.2) is 34.2 Å². The number of carbonyl (C=O) groups is 2. The van der Waals surface area contributed by atoms with Crippen molar-refractivity contribution in [3.8, 4) is 0 Å². The Morgan fingerprint density at radius 3 is 2.80 bits per heavy atom. The van der Waals surface area contributed by atoms with Crippen LogP contribution >= 0.6 is 0 Å². The van der Waals surface area contributed by atoms with Gasteiger partial charge in [-0.15, -0.1) is 0 Å². The van der Waals surface area contributed by atoms with Gasteiger partial charge in [-0.2, -0.15) is 0 Å². The number of carboxylic acid groups (broad SMARTS) is 1. The van der Waals surface area contributed by atoms with Gasteiger partial charge in [0.25, 0.3) is 10.0 Å².